The van der Waals surface area contributed by atoms with Gasteiger partial charge in [-0.05, 0) is 24.3 Å². The average molecular weight is 229 g/mol. The van der Waals surface area contributed by atoms with Crippen LogP contribution in [-0.2, 0) is 4.74 Å². The number of esters is 1. The van der Waals surface area contributed by atoms with Crippen LogP contribution < -0.4 is 5.32 Å². The minimum Gasteiger partial charge on any atom is -0.465 e. The van der Waals surface area contributed by atoms with E-state index in [2.05, 4.69) is 20.0 Å². The number of hydrogen-bond acceptors (Lipinski definition) is 5. The summed E-state index contributed by atoms with van der Waals surface area (Å²) in [6.45, 7) is 0. The zero-order valence-corrected chi connectivity index (χ0v) is 9.25. The van der Waals surface area contributed by atoms with E-state index in [1.807, 2.05) is 18.2 Å². The summed E-state index contributed by atoms with van der Waals surface area (Å²) in [5, 5.41) is 2.99. The first-order valence-electron chi connectivity index (χ1n) is 5.02. The molecular weight excluding hydrogens is 218 g/mol. The Morgan fingerprint density at radius 2 is 2.00 bits per heavy atom. The molecule has 0 fully saturated rings. The number of anilines is 2. The normalized spacial score (nSPS) is 9.71. The van der Waals surface area contributed by atoms with Crippen molar-refractivity contribution < 1.29 is 9.53 Å². The molecule has 2 aromatic rings. The standard InChI is InChI=1S/C12H11N3O2/c1-17-12(16)9-5-7-14-11(8-9)15-10-4-2-3-6-13-10/h2-8H,1H3,(H,13,14,15). The molecule has 2 rings (SSSR count). The molecule has 0 saturated carbocycles. The number of ether oxygens (including phenoxy) is 1. The highest BCUT2D eigenvalue weighted by atomic mass is 16.5. The maximum Gasteiger partial charge on any atom is 0.338 e. The molecule has 0 aliphatic heterocycles. The molecule has 2 aromatic heterocycles. The number of nitrogens with one attached hydrogen (secondary N) is 1. The van der Waals surface area contributed by atoms with Crippen molar-refractivity contribution in [2.24, 2.45) is 0 Å². The van der Waals surface area contributed by atoms with Crippen molar-refractivity contribution in [1.29, 1.82) is 0 Å². The first-order chi connectivity index (χ1) is 8.29. The summed E-state index contributed by atoms with van der Waals surface area (Å²) < 4.78 is 4.63. The lowest BCUT2D eigenvalue weighted by atomic mass is 10.2. The van der Waals surface area contributed by atoms with E-state index in [1.165, 1.54) is 13.3 Å². The first-order valence-corrected chi connectivity index (χ1v) is 5.02. The van der Waals surface area contributed by atoms with Crippen molar-refractivity contribution in [2.45, 2.75) is 0 Å². The molecule has 0 aliphatic carbocycles. The molecule has 0 amide bonds. The lowest BCUT2D eigenvalue weighted by molar-refractivity contribution is 0.0600. The van der Waals surface area contributed by atoms with Gasteiger partial charge >= 0.3 is 5.97 Å². The molecule has 0 spiro atoms. The third kappa shape index (κ3) is 2.78. The summed E-state index contributed by atoms with van der Waals surface area (Å²) in [4.78, 5) is 19.5. The number of pyridine rings is 2. The van der Waals surface area contributed by atoms with Crippen LogP contribution in [0.3, 0.4) is 0 Å². The summed E-state index contributed by atoms with van der Waals surface area (Å²) >= 11 is 0. The quantitative estimate of drug-likeness (QED) is 0.815. The van der Waals surface area contributed by atoms with Crippen LogP contribution in [0.5, 0.6) is 0 Å². The molecular formula is C12H11N3O2. The van der Waals surface area contributed by atoms with Crippen molar-refractivity contribution in [1.82, 2.24) is 9.97 Å². The predicted octanol–water partition coefficient (Wildman–Crippen LogP) is 2.01. The Balaban J connectivity index is 2.20. The van der Waals surface area contributed by atoms with Crippen LogP contribution in [0.1, 0.15) is 10.4 Å². The second kappa shape index (κ2) is 5.07. The van der Waals surface area contributed by atoms with Gasteiger partial charge in [-0.1, -0.05) is 6.07 Å². The van der Waals surface area contributed by atoms with Gasteiger partial charge < -0.3 is 10.1 Å². The van der Waals surface area contributed by atoms with Gasteiger partial charge in [0.05, 0.1) is 12.7 Å². The highest BCUT2D eigenvalue weighted by molar-refractivity contribution is 5.90. The Kier molecular flexibility index (Phi) is 3.30. The fourth-order valence-electron chi connectivity index (χ4n) is 1.31. The van der Waals surface area contributed by atoms with Gasteiger partial charge in [-0.25, -0.2) is 14.8 Å². The number of carbonyl (C=O) groups is 1. The van der Waals surface area contributed by atoms with Gasteiger partial charge in [0.1, 0.15) is 11.6 Å². The lowest BCUT2D eigenvalue weighted by Gasteiger charge is -2.05. The zero-order valence-electron chi connectivity index (χ0n) is 9.25. The fraction of sp³-hybridized carbons (Fsp3) is 0.0833. The highest BCUT2D eigenvalue weighted by Gasteiger charge is 2.06. The molecule has 86 valence electrons. The maximum absolute atomic E-state index is 11.3. The van der Waals surface area contributed by atoms with Crippen LogP contribution >= 0.6 is 0 Å². The summed E-state index contributed by atoms with van der Waals surface area (Å²) in [7, 11) is 1.34. The maximum atomic E-state index is 11.3. The number of rotatable bonds is 3. The molecule has 1 N–H and O–H groups in total. The Hall–Kier alpha value is -2.43. The van der Waals surface area contributed by atoms with Crippen LogP contribution in [0.4, 0.5) is 11.6 Å². The van der Waals surface area contributed by atoms with E-state index < -0.39 is 5.97 Å². The number of carbonyl (C=O) groups excluding carboxylic acids is 1. The second-order valence-corrected chi connectivity index (χ2v) is 3.26. The molecule has 5 heteroatoms. The summed E-state index contributed by atoms with van der Waals surface area (Å²) in [6.07, 6.45) is 3.21. The van der Waals surface area contributed by atoms with Crippen LogP contribution in [0.25, 0.3) is 0 Å². The van der Waals surface area contributed by atoms with Gasteiger partial charge in [-0.3, -0.25) is 0 Å². The Morgan fingerprint density at radius 3 is 2.71 bits per heavy atom. The van der Waals surface area contributed by atoms with Crippen molar-refractivity contribution in [3.05, 3.63) is 48.3 Å². The molecule has 0 saturated heterocycles. The Bertz CT molecular complexity index is 514. The van der Waals surface area contributed by atoms with E-state index in [9.17, 15) is 4.79 Å². The van der Waals surface area contributed by atoms with E-state index in [4.69, 9.17) is 0 Å². The molecule has 0 aliphatic rings. The number of nitrogens with zero attached hydrogens (tertiary/aromatic N) is 2. The second-order valence-electron chi connectivity index (χ2n) is 3.26. The molecule has 17 heavy (non-hydrogen) atoms. The molecule has 0 bridgehead atoms. The van der Waals surface area contributed by atoms with Gasteiger partial charge in [-0.15, -0.1) is 0 Å². The van der Waals surface area contributed by atoms with Gasteiger partial charge in [0.2, 0.25) is 0 Å². The molecule has 0 radical (unpaired) electrons. The Labute approximate surface area is 98.5 Å². The van der Waals surface area contributed by atoms with E-state index in [1.54, 1.807) is 18.3 Å². The average Bonchev–Trinajstić information content (AvgIpc) is 2.39. The van der Waals surface area contributed by atoms with Crippen LogP contribution in [0.15, 0.2) is 42.7 Å². The van der Waals surface area contributed by atoms with E-state index in [-0.39, 0.29) is 0 Å². The summed E-state index contributed by atoms with van der Waals surface area (Å²) in [6, 6.07) is 8.70. The molecule has 0 atom stereocenters. The molecule has 5 nitrogen and oxygen atoms in total. The number of methoxy groups -OCH3 is 1. The minimum absolute atomic E-state index is 0.392. The van der Waals surface area contributed by atoms with E-state index in [0.29, 0.717) is 17.2 Å². The lowest BCUT2D eigenvalue weighted by Crippen LogP contribution is -2.03. The van der Waals surface area contributed by atoms with Crippen molar-refractivity contribution >= 4 is 17.6 Å². The van der Waals surface area contributed by atoms with Crippen molar-refractivity contribution in [3.8, 4) is 0 Å². The SMILES string of the molecule is COC(=O)c1ccnc(Nc2ccccn2)c1. The smallest absolute Gasteiger partial charge is 0.338 e. The summed E-state index contributed by atoms with van der Waals surface area (Å²) in [5.41, 5.74) is 0.445. The van der Waals surface area contributed by atoms with Crippen LogP contribution in [0, 0.1) is 0 Å². The summed E-state index contributed by atoms with van der Waals surface area (Å²) in [5.74, 6) is 0.824. The first kappa shape index (κ1) is 11.1. The van der Waals surface area contributed by atoms with Crippen LogP contribution in [0.2, 0.25) is 0 Å². The Morgan fingerprint density at radius 1 is 1.18 bits per heavy atom. The van der Waals surface area contributed by atoms with Gasteiger partial charge in [-0.2, -0.15) is 0 Å². The van der Waals surface area contributed by atoms with Crippen molar-refractivity contribution in [2.75, 3.05) is 12.4 Å². The minimum atomic E-state index is -0.392. The zero-order chi connectivity index (χ0) is 12.1. The number of aromatic nitrogens is 2. The molecule has 0 aromatic carbocycles. The van der Waals surface area contributed by atoms with Crippen LogP contribution in [-0.4, -0.2) is 23.0 Å². The number of hydrogen-bond donors (Lipinski definition) is 1. The van der Waals surface area contributed by atoms with Gasteiger partial charge in [0.25, 0.3) is 0 Å². The highest BCUT2D eigenvalue weighted by Crippen LogP contribution is 2.13. The molecule has 2 heterocycles. The molecule has 0 unspecified atom stereocenters. The fourth-order valence-corrected chi connectivity index (χ4v) is 1.31. The largest absolute Gasteiger partial charge is 0.465 e. The van der Waals surface area contributed by atoms with Gasteiger partial charge in [0.15, 0.2) is 0 Å². The third-order valence-corrected chi connectivity index (χ3v) is 2.10. The van der Waals surface area contributed by atoms with E-state index in [0.717, 1.165) is 0 Å². The topological polar surface area (TPSA) is 64.1 Å². The third-order valence-electron chi connectivity index (χ3n) is 2.10. The van der Waals surface area contributed by atoms with E-state index >= 15 is 0 Å². The van der Waals surface area contributed by atoms with Gasteiger partial charge in [0, 0.05) is 12.4 Å². The monoisotopic (exact) mass is 229 g/mol. The van der Waals surface area contributed by atoms with Crippen molar-refractivity contribution in [3.63, 3.8) is 0 Å². The predicted molar refractivity (Wildman–Crippen MR) is 63.1 cm³/mol.